The van der Waals surface area contributed by atoms with E-state index >= 15 is 0 Å². The van der Waals surface area contributed by atoms with Crippen molar-refractivity contribution in [3.8, 4) is 5.75 Å². The number of aliphatic hydroxyl groups is 1. The Bertz CT molecular complexity index is 867. The number of carbonyl (C=O) groups excluding carboxylic acids is 2. The number of phenols is 1. The van der Waals surface area contributed by atoms with Gasteiger partial charge in [-0.2, -0.15) is 0 Å². The van der Waals surface area contributed by atoms with Crippen LogP contribution in [0.4, 0.5) is 0 Å². The van der Waals surface area contributed by atoms with Gasteiger partial charge in [-0.1, -0.05) is 26.0 Å². The van der Waals surface area contributed by atoms with Gasteiger partial charge in [0, 0.05) is 13.1 Å². The fourth-order valence-corrected chi connectivity index (χ4v) is 3.45. The normalized spacial score (nSPS) is 17.0. The van der Waals surface area contributed by atoms with Crippen LogP contribution in [0, 0.1) is 0 Å². The van der Waals surface area contributed by atoms with Crippen LogP contribution in [-0.4, -0.2) is 57.9 Å². The average molecular weight is 384 g/mol. The Balaban J connectivity index is 1.99. The predicted octanol–water partition coefficient (Wildman–Crippen LogP) is 2.91. The van der Waals surface area contributed by atoms with Gasteiger partial charge in [0.05, 0.1) is 17.9 Å². The SMILES string of the molecule is CCN(CC)CCN1C(=O)C(O)=C(C(=O)c2ccco2)C1c1ccc(O)cc1. The Kier molecular flexibility index (Phi) is 5.84. The zero-order valence-corrected chi connectivity index (χ0v) is 16.0. The zero-order valence-electron chi connectivity index (χ0n) is 16.0. The molecular formula is C21H24N2O5. The molecule has 2 N–H and O–H groups in total. The van der Waals surface area contributed by atoms with Crippen LogP contribution in [0.3, 0.4) is 0 Å². The summed E-state index contributed by atoms with van der Waals surface area (Å²) in [5, 5.41) is 20.1. The number of carbonyl (C=O) groups is 2. The van der Waals surface area contributed by atoms with Crippen molar-refractivity contribution in [3.05, 3.63) is 65.3 Å². The summed E-state index contributed by atoms with van der Waals surface area (Å²) < 4.78 is 5.19. The molecule has 1 aliphatic rings. The number of phenolic OH excluding ortho intramolecular Hbond substituents is 1. The van der Waals surface area contributed by atoms with Gasteiger partial charge in [-0.25, -0.2) is 0 Å². The molecule has 0 radical (unpaired) electrons. The summed E-state index contributed by atoms with van der Waals surface area (Å²) >= 11 is 0. The number of likely N-dealkylation sites (N-methyl/N-ethyl adjacent to an activating group) is 1. The minimum Gasteiger partial charge on any atom is -0.508 e. The van der Waals surface area contributed by atoms with Crippen molar-refractivity contribution in [2.24, 2.45) is 0 Å². The lowest BCUT2D eigenvalue weighted by molar-refractivity contribution is -0.129. The maximum Gasteiger partial charge on any atom is 0.290 e. The second-order valence-electron chi connectivity index (χ2n) is 6.59. The molecule has 0 spiro atoms. The largest absolute Gasteiger partial charge is 0.508 e. The van der Waals surface area contributed by atoms with Crippen LogP contribution in [0.15, 0.2) is 58.4 Å². The lowest BCUT2D eigenvalue weighted by Crippen LogP contribution is -2.38. The van der Waals surface area contributed by atoms with Gasteiger partial charge in [-0.15, -0.1) is 0 Å². The number of Topliss-reactive ketones (excluding diaryl/α,β-unsaturated/α-hetero) is 1. The maximum atomic E-state index is 13.0. The first-order chi connectivity index (χ1) is 13.5. The highest BCUT2D eigenvalue weighted by atomic mass is 16.3. The molecule has 1 unspecified atom stereocenters. The van der Waals surface area contributed by atoms with E-state index < -0.39 is 23.5 Å². The molecule has 2 heterocycles. The summed E-state index contributed by atoms with van der Waals surface area (Å²) in [5.74, 6) is -1.53. The molecule has 3 rings (SSSR count). The maximum absolute atomic E-state index is 13.0. The number of ketones is 1. The van der Waals surface area contributed by atoms with Gasteiger partial charge >= 0.3 is 0 Å². The topological polar surface area (TPSA) is 94.2 Å². The molecule has 0 fully saturated rings. The smallest absolute Gasteiger partial charge is 0.290 e. The molecule has 0 aliphatic carbocycles. The van der Waals surface area contributed by atoms with E-state index in [4.69, 9.17) is 4.42 Å². The molecule has 148 valence electrons. The molecule has 28 heavy (non-hydrogen) atoms. The number of furan rings is 1. The summed E-state index contributed by atoms with van der Waals surface area (Å²) in [6, 6.07) is 8.60. The first kappa shape index (κ1) is 19.7. The number of aromatic hydroxyl groups is 1. The van der Waals surface area contributed by atoms with Crippen LogP contribution in [0.1, 0.15) is 36.0 Å². The Morgan fingerprint density at radius 2 is 1.82 bits per heavy atom. The highest BCUT2D eigenvalue weighted by Crippen LogP contribution is 2.39. The van der Waals surface area contributed by atoms with E-state index in [1.807, 2.05) is 13.8 Å². The van der Waals surface area contributed by atoms with Gasteiger partial charge in [0.1, 0.15) is 5.75 Å². The number of aliphatic hydroxyl groups excluding tert-OH is 1. The molecule has 7 heteroatoms. The fourth-order valence-electron chi connectivity index (χ4n) is 3.45. The van der Waals surface area contributed by atoms with E-state index in [1.54, 1.807) is 18.2 Å². The van der Waals surface area contributed by atoms with Crippen LogP contribution < -0.4 is 0 Å². The number of hydrogen-bond acceptors (Lipinski definition) is 6. The molecular weight excluding hydrogens is 360 g/mol. The molecule has 1 amide bonds. The summed E-state index contributed by atoms with van der Waals surface area (Å²) in [5.41, 5.74) is 0.620. The Morgan fingerprint density at radius 1 is 1.14 bits per heavy atom. The monoisotopic (exact) mass is 384 g/mol. The molecule has 1 aromatic heterocycles. The summed E-state index contributed by atoms with van der Waals surface area (Å²) in [6.45, 7) is 6.70. The van der Waals surface area contributed by atoms with Crippen molar-refractivity contribution in [3.63, 3.8) is 0 Å². The molecule has 1 aliphatic heterocycles. The number of hydrogen-bond donors (Lipinski definition) is 2. The van der Waals surface area contributed by atoms with Crippen molar-refractivity contribution < 1.29 is 24.2 Å². The minimum absolute atomic E-state index is 0.00909. The Hall–Kier alpha value is -3.06. The number of nitrogens with zero attached hydrogens (tertiary/aromatic N) is 2. The van der Waals surface area contributed by atoms with Gasteiger partial charge in [-0.05, 0) is 42.9 Å². The van der Waals surface area contributed by atoms with Crippen LogP contribution in [0.5, 0.6) is 5.75 Å². The van der Waals surface area contributed by atoms with Crippen LogP contribution >= 0.6 is 0 Å². The minimum atomic E-state index is -0.749. The van der Waals surface area contributed by atoms with Crippen molar-refractivity contribution >= 4 is 11.7 Å². The average Bonchev–Trinajstić information content (AvgIpc) is 3.32. The molecule has 2 aromatic rings. The van der Waals surface area contributed by atoms with Crippen LogP contribution in [-0.2, 0) is 4.79 Å². The molecule has 0 saturated heterocycles. The number of benzene rings is 1. The predicted molar refractivity (Wildman–Crippen MR) is 103 cm³/mol. The lowest BCUT2D eigenvalue weighted by atomic mass is 9.95. The highest BCUT2D eigenvalue weighted by molar-refractivity contribution is 6.15. The quantitative estimate of drug-likeness (QED) is 0.680. The standard InChI is InChI=1S/C21H24N2O5/c1-3-22(4-2)11-12-23-18(14-7-9-15(24)10-8-14)17(20(26)21(23)27)19(25)16-6-5-13-28-16/h5-10,13,18,24,26H,3-4,11-12H2,1-2H3. The van der Waals surface area contributed by atoms with Gasteiger partial charge in [-0.3, -0.25) is 9.59 Å². The molecule has 0 bridgehead atoms. The highest BCUT2D eigenvalue weighted by Gasteiger charge is 2.44. The second kappa shape index (κ2) is 8.31. The van der Waals surface area contributed by atoms with E-state index in [2.05, 4.69) is 4.90 Å². The summed E-state index contributed by atoms with van der Waals surface area (Å²) in [4.78, 5) is 29.4. The van der Waals surface area contributed by atoms with Crippen molar-refractivity contribution in [1.29, 1.82) is 0 Å². The second-order valence-corrected chi connectivity index (χ2v) is 6.59. The van der Waals surface area contributed by atoms with Gasteiger partial charge in [0.2, 0.25) is 5.78 Å². The van der Waals surface area contributed by atoms with Gasteiger partial charge in [0.25, 0.3) is 5.91 Å². The first-order valence-corrected chi connectivity index (χ1v) is 9.31. The zero-order chi connectivity index (χ0) is 20.3. The van der Waals surface area contributed by atoms with Crippen molar-refractivity contribution in [2.45, 2.75) is 19.9 Å². The molecule has 0 saturated carbocycles. The van der Waals surface area contributed by atoms with Gasteiger partial charge < -0.3 is 24.4 Å². The fraction of sp³-hybridized carbons (Fsp3) is 0.333. The summed E-state index contributed by atoms with van der Waals surface area (Å²) in [7, 11) is 0. The van der Waals surface area contributed by atoms with E-state index in [0.717, 1.165) is 13.1 Å². The van der Waals surface area contributed by atoms with E-state index in [9.17, 15) is 19.8 Å². The van der Waals surface area contributed by atoms with E-state index in [1.165, 1.54) is 29.4 Å². The first-order valence-electron chi connectivity index (χ1n) is 9.31. The Morgan fingerprint density at radius 3 is 2.39 bits per heavy atom. The number of amides is 1. The third-order valence-electron chi connectivity index (χ3n) is 5.05. The van der Waals surface area contributed by atoms with Crippen molar-refractivity contribution in [2.75, 3.05) is 26.2 Å². The van der Waals surface area contributed by atoms with Gasteiger partial charge in [0.15, 0.2) is 11.5 Å². The molecule has 7 nitrogen and oxygen atoms in total. The van der Waals surface area contributed by atoms with Crippen LogP contribution in [0.25, 0.3) is 0 Å². The summed E-state index contributed by atoms with van der Waals surface area (Å²) in [6.07, 6.45) is 1.37. The van der Waals surface area contributed by atoms with E-state index in [0.29, 0.717) is 18.7 Å². The van der Waals surface area contributed by atoms with Crippen molar-refractivity contribution in [1.82, 2.24) is 9.80 Å². The number of rotatable bonds is 8. The van der Waals surface area contributed by atoms with E-state index in [-0.39, 0.29) is 17.1 Å². The molecule has 1 atom stereocenters. The lowest BCUT2D eigenvalue weighted by Gasteiger charge is -2.29. The third-order valence-corrected chi connectivity index (χ3v) is 5.05. The third kappa shape index (κ3) is 3.66. The Labute approximate surface area is 163 Å². The molecule has 1 aromatic carbocycles. The van der Waals surface area contributed by atoms with Crippen LogP contribution in [0.2, 0.25) is 0 Å².